The van der Waals surface area contributed by atoms with Gasteiger partial charge in [0.25, 0.3) is 0 Å². The molecule has 0 aliphatic carbocycles. The van der Waals surface area contributed by atoms with Gasteiger partial charge in [-0.05, 0) is 24.6 Å². The van der Waals surface area contributed by atoms with Gasteiger partial charge in [0, 0.05) is 18.7 Å². The maximum atomic E-state index is 12.4. The summed E-state index contributed by atoms with van der Waals surface area (Å²) in [5, 5.41) is 10.8. The average molecular weight is 391 g/mol. The van der Waals surface area contributed by atoms with E-state index in [9.17, 15) is 14.4 Å². The Morgan fingerprint density at radius 1 is 1.42 bits per heavy atom. The number of hydrogen-bond donors (Lipinski definition) is 2. The van der Waals surface area contributed by atoms with Crippen LogP contribution in [0.1, 0.15) is 12.0 Å². The molecule has 1 fully saturated rings. The van der Waals surface area contributed by atoms with Crippen molar-refractivity contribution in [2.45, 2.75) is 17.7 Å². The Kier molecular flexibility index (Phi) is 5.52. The van der Waals surface area contributed by atoms with Crippen LogP contribution in [0.25, 0.3) is 0 Å². The fourth-order valence-electron chi connectivity index (χ4n) is 2.59. The van der Waals surface area contributed by atoms with Crippen molar-refractivity contribution in [3.63, 3.8) is 0 Å². The molecule has 0 saturated carbocycles. The minimum atomic E-state index is -0.450. The van der Waals surface area contributed by atoms with Gasteiger partial charge in [0.05, 0.1) is 11.7 Å². The first-order valence-corrected chi connectivity index (χ1v) is 9.65. The second-order valence-electron chi connectivity index (χ2n) is 5.86. The predicted molar refractivity (Wildman–Crippen MR) is 100 cm³/mol. The Morgan fingerprint density at radius 3 is 2.96 bits per heavy atom. The van der Waals surface area contributed by atoms with E-state index in [1.54, 1.807) is 4.90 Å². The average Bonchev–Trinajstić information content (AvgIpc) is 3.19. The van der Waals surface area contributed by atoms with Crippen molar-refractivity contribution in [2.24, 2.45) is 11.7 Å². The van der Waals surface area contributed by atoms with Crippen LogP contribution in [-0.4, -0.2) is 40.2 Å². The van der Waals surface area contributed by atoms with Crippen molar-refractivity contribution in [1.82, 2.24) is 10.2 Å². The summed E-state index contributed by atoms with van der Waals surface area (Å²) in [6.07, 6.45) is 0.155. The Bertz CT molecular complexity index is 854. The second-order valence-corrected chi connectivity index (χ2v) is 8.06. The Balaban J connectivity index is 1.60. The molecule has 0 unspecified atom stereocenters. The van der Waals surface area contributed by atoms with Crippen LogP contribution in [0.3, 0.4) is 0 Å². The number of nitrogens with zero attached hydrogens (tertiary/aromatic N) is 3. The number of carbonyl (C=O) groups excluding carboxylic acids is 3. The summed E-state index contributed by atoms with van der Waals surface area (Å²) in [5.74, 6) is -1.14. The van der Waals surface area contributed by atoms with Crippen LogP contribution < -0.4 is 16.0 Å². The topological polar surface area (TPSA) is 118 Å². The van der Waals surface area contributed by atoms with E-state index in [1.165, 1.54) is 0 Å². The van der Waals surface area contributed by atoms with Gasteiger partial charge in [-0.1, -0.05) is 35.2 Å². The maximum Gasteiger partial charge on any atom is 0.231 e. The molecule has 1 aliphatic heterocycles. The van der Waals surface area contributed by atoms with Gasteiger partial charge in [-0.3, -0.25) is 14.4 Å². The molecule has 0 spiro atoms. The number of thioether (sulfide) groups is 1. The van der Waals surface area contributed by atoms with Gasteiger partial charge in [0.15, 0.2) is 4.34 Å². The number of rotatable bonds is 6. The van der Waals surface area contributed by atoms with E-state index in [0.29, 0.717) is 16.0 Å². The standard InChI is InChI=1S/C16H17N5O3S2/c1-9-3-2-4-11(5-9)21-7-10(6-13(21)23)14(24)18-15-19-20-16(26-15)25-8-12(17)22/h2-5,10H,6-8H2,1H3,(H2,17,22)(H,18,19,24)/t10-/m0/s1. The van der Waals surface area contributed by atoms with Crippen molar-refractivity contribution in [3.8, 4) is 0 Å². The van der Waals surface area contributed by atoms with Gasteiger partial charge in [-0.25, -0.2) is 0 Å². The molecule has 1 saturated heterocycles. The van der Waals surface area contributed by atoms with Gasteiger partial charge in [-0.15, -0.1) is 10.2 Å². The van der Waals surface area contributed by atoms with Crippen molar-refractivity contribution in [3.05, 3.63) is 29.8 Å². The highest BCUT2D eigenvalue weighted by molar-refractivity contribution is 8.01. The van der Waals surface area contributed by atoms with E-state index in [0.717, 1.165) is 34.3 Å². The van der Waals surface area contributed by atoms with Crippen molar-refractivity contribution < 1.29 is 14.4 Å². The number of aromatic nitrogens is 2. The summed E-state index contributed by atoms with van der Waals surface area (Å²) in [6.45, 7) is 2.29. The number of amides is 3. The normalized spacial score (nSPS) is 16.7. The molecule has 3 rings (SSSR count). The Hall–Kier alpha value is -2.46. The lowest BCUT2D eigenvalue weighted by Gasteiger charge is -2.17. The minimum absolute atomic E-state index is 0.0780. The monoisotopic (exact) mass is 391 g/mol. The van der Waals surface area contributed by atoms with Crippen LogP contribution in [-0.2, 0) is 14.4 Å². The lowest BCUT2D eigenvalue weighted by molar-refractivity contribution is -0.122. The van der Waals surface area contributed by atoms with Crippen LogP contribution in [0.15, 0.2) is 28.6 Å². The van der Waals surface area contributed by atoms with Crippen LogP contribution in [0.4, 0.5) is 10.8 Å². The third-order valence-electron chi connectivity index (χ3n) is 3.78. The highest BCUT2D eigenvalue weighted by Crippen LogP contribution is 2.28. The molecule has 0 radical (unpaired) electrons. The summed E-state index contributed by atoms with van der Waals surface area (Å²) in [6, 6.07) is 7.62. The first-order valence-electron chi connectivity index (χ1n) is 7.85. The number of hydrogen-bond acceptors (Lipinski definition) is 7. The van der Waals surface area contributed by atoms with E-state index >= 15 is 0 Å². The molecule has 26 heavy (non-hydrogen) atoms. The molecule has 1 aromatic carbocycles. The summed E-state index contributed by atoms with van der Waals surface area (Å²) >= 11 is 2.33. The lowest BCUT2D eigenvalue weighted by atomic mass is 10.1. The number of carbonyl (C=O) groups is 3. The van der Waals surface area contributed by atoms with Crippen molar-refractivity contribution >= 4 is 51.6 Å². The summed E-state index contributed by atoms with van der Waals surface area (Å²) in [7, 11) is 0. The largest absolute Gasteiger partial charge is 0.369 e. The number of primary amides is 1. The van der Waals surface area contributed by atoms with Crippen LogP contribution in [0.2, 0.25) is 0 Å². The fourth-order valence-corrected chi connectivity index (χ4v) is 4.08. The molecule has 10 heteroatoms. The van der Waals surface area contributed by atoms with E-state index in [-0.39, 0.29) is 24.0 Å². The molecule has 3 N–H and O–H groups in total. The van der Waals surface area contributed by atoms with Gasteiger partial charge >= 0.3 is 0 Å². The molecule has 3 amide bonds. The molecule has 2 aromatic rings. The number of benzene rings is 1. The van der Waals surface area contributed by atoms with Crippen molar-refractivity contribution in [2.75, 3.05) is 22.5 Å². The van der Waals surface area contributed by atoms with E-state index in [2.05, 4.69) is 15.5 Å². The van der Waals surface area contributed by atoms with E-state index in [4.69, 9.17) is 5.73 Å². The minimum Gasteiger partial charge on any atom is -0.369 e. The van der Waals surface area contributed by atoms with Crippen LogP contribution in [0, 0.1) is 12.8 Å². The molecular formula is C16H17N5O3S2. The number of nitrogens with one attached hydrogen (secondary N) is 1. The van der Waals surface area contributed by atoms with Crippen molar-refractivity contribution in [1.29, 1.82) is 0 Å². The SMILES string of the molecule is Cc1cccc(N2C[C@@H](C(=O)Nc3nnc(SCC(N)=O)s3)CC2=O)c1. The molecule has 1 atom stereocenters. The predicted octanol–water partition coefficient (Wildman–Crippen LogP) is 1.42. The summed E-state index contributed by atoms with van der Waals surface area (Å²) in [4.78, 5) is 37.1. The highest BCUT2D eigenvalue weighted by Gasteiger charge is 2.35. The maximum absolute atomic E-state index is 12.4. The molecule has 136 valence electrons. The molecule has 0 bridgehead atoms. The molecular weight excluding hydrogens is 374 g/mol. The quantitative estimate of drug-likeness (QED) is 0.568. The Morgan fingerprint density at radius 2 is 2.23 bits per heavy atom. The zero-order chi connectivity index (χ0) is 18.7. The highest BCUT2D eigenvalue weighted by atomic mass is 32.2. The fraction of sp³-hybridized carbons (Fsp3) is 0.312. The summed E-state index contributed by atoms with van der Waals surface area (Å²) < 4.78 is 0.544. The van der Waals surface area contributed by atoms with Gasteiger partial charge < -0.3 is 16.0 Å². The second kappa shape index (κ2) is 7.83. The Labute approximate surface area is 158 Å². The third kappa shape index (κ3) is 4.38. The van der Waals surface area contributed by atoms with Gasteiger partial charge in [-0.2, -0.15) is 0 Å². The van der Waals surface area contributed by atoms with Gasteiger partial charge in [0.1, 0.15) is 0 Å². The first-order chi connectivity index (χ1) is 12.4. The van der Waals surface area contributed by atoms with E-state index < -0.39 is 11.8 Å². The zero-order valence-corrected chi connectivity index (χ0v) is 15.6. The molecule has 2 heterocycles. The first kappa shape index (κ1) is 18.3. The number of anilines is 2. The smallest absolute Gasteiger partial charge is 0.231 e. The number of aryl methyl sites for hydroxylation is 1. The van der Waals surface area contributed by atoms with E-state index in [1.807, 2.05) is 31.2 Å². The van der Waals surface area contributed by atoms with Crippen LogP contribution in [0.5, 0.6) is 0 Å². The molecule has 8 nitrogen and oxygen atoms in total. The van der Waals surface area contributed by atoms with Gasteiger partial charge in [0.2, 0.25) is 22.9 Å². The van der Waals surface area contributed by atoms with Crippen LogP contribution >= 0.6 is 23.1 Å². The molecule has 1 aromatic heterocycles. The zero-order valence-electron chi connectivity index (χ0n) is 14.0. The number of nitrogens with two attached hydrogens (primary N) is 1. The lowest BCUT2D eigenvalue weighted by Crippen LogP contribution is -2.28. The summed E-state index contributed by atoms with van der Waals surface area (Å²) in [5.41, 5.74) is 6.94. The third-order valence-corrected chi connectivity index (χ3v) is 5.78. The molecule has 1 aliphatic rings.